The van der Waals surface area contributed by atoms with E-state index < -0.39 is 0 Å². The van der Waals surface area contributed by atoms with Gasteiger partial charge in [-0.25, -0.2) is 0 Å². The second kappa shape index (κ2) is 11.3. The summed E-state index contributed by atoms with van der Waals surface area (Å²) in [5.41, 5.74) is 3.63. The molecule has 0 unspecified atom stereocenters. The van der Waals surface area contributed by atoms with Crippen LogP contribution in [0.5, 0.6) is 0 Å². The fourth-order valence-electron chi connectivity index (χ4n) is 5.05. The maximum atomic E-state index is 13.2. The number of nitrogens with one attached hydrogen (secondary N) is 3. The molecule has 2 aromatic rings. The fourth-order valence-corrected chi connectivity index (χ4v) is 5.26. The second-order valence-corrected chi connectivity index (χ2v) is 9.83. The number of carbonyl (C=O) groups is 1. The monoisotopic (exact) mass is 487 g/mol. The zero-order valence-electron chi connectivity index (χ0n) is 21.2. The first kappa shape index (κ1) is 26.1. The summed E-state index contributed by atoms with van der Waals surface area (Å²) in [7, 11) is 6.05. The standard InChI is InChI=1S/C26H38ClN5O2/c1-7-32(20-10-8-19(9-11-20)31(5)6)23-13-18(27)12-21(16(23)2)26(34)29-15-22-17(3)30-25(28-4)14-24(22)33/h12-14,19-20H,7-11,15H2,1-6H3,(H,29,34)(H2,28,30,33). The van der Waals surface area contributed by atoms with E-state index in [0.29, 0.717) is 34.1 Å². The average Bonchev–Trinajstić information content (AvgIpc) is 2.80. The van der Waals surface area contributed by atoms with E-state index in [1.807, 2.05) is 19.9 Å². The van der Waals surface area contributed by atoms with E-state index in [9.17, 15) is 9.59 Å². The van der Waals surface area contributed by atoms with Crippen LogP contribution in [0.1, 0.15) is 59.8 Å². The zero-order chi connectivity index (χ0) is 25.0. The highest BCUT2D eigenvalue weighted by Gasteiger charge is 2.28. The Bertz CT molecular complexity index is 1070. The SMILES string of the molecule is CCN(c1cc(Cl)cc(C(=O)NCc2c(C)[nH]c(NC)cc2=O)c1C)C1CCC(N(C)C)CC1. The minimum Gasteiger partial charge on any atom is -0.375 e. The Morgan fingerprint density at radius 2 is 1.76 bits per heavy atom. The molecule has 3 N–H and O–H groups in total. The number of anilines is 2. The van der Waals surface area contributed by atoms with Crippen LogP contribution in [0.4, 0.5) is 11.5 Å². The predicted octanol–water partition coefficient (Wildman–Crippen LogP) is 4.32. The highest BCUT2D eigenvalue weighted by atomic mass is 35.5. The Labute approximate surface area is 207 Å². The molecular formula is C26H38ClN5O2. The van der Waals surface area contributed by atoms with Crippen LogP contribution in [0.15, 0.2) is 23.0 Å². The molecular weight excluding hydrogens is 450 g/mol. The van der Waals surface area contributed by atoms with Crippen LogP contribution in [0.3, 0.4) is 0 Å². The van der Waals surface area contributed by atoms with Crippen LogP contribution in [-0.4, -0.2) is 55.6 Å². The largest absolute Gasteiger partial charge is 0.375 e. The number of benzene rings is 1. The molecule has 1 heterocycles. The number of amides is 1. The molecule has 8 heteroatoms. The number of aromatic nitrogens is 1. The fraction of sp³-hybridized carbons (Fsp3) is 0.538. The quantitative estimate of drug-likeness (QED) is 0.516. The highest BCUT2D eigenvalue weighted by Crippen LogP contribution is 2.34. The number of hydrogen-bond acceptors (Lipinski definition) is 5. The second-order valence-electron chi connectivity index (χ2n) is 9.39. The van der Waals surface area contributed by atoms with Crippen molar-refractivity contribution in [3.05, 3.63) is 55.8 Å². The number of halogens is 1. The first-order chi connectivity index (χ1) is 16.2. The molecule has 1 aliphatic rings. The summed E-state index contributed by atoms with van der Waals surface area (Å²) in [5, 5.41) is 6.40. The van der Waals surface area contributed by atoms with Crippen LogP contribution in [0.25, 0.3) is 0 Å². The van der Waals surface area contributed by atoms with E-state index in [4.69, 9.17) is 11.6 Å². The Hall–Kier alpha value is -2.51. The van der Waals surface area contributed by atoms with Gasteiger partial charge in [0, 0.05) is 65.8 Å². The van der Waals surface area contributed by atoms with E-state index in [1.54, 1.807) is 13.1 Å². The van der Waals surface area contributed by atoms with Crippen molar-refractivity contribution in [2.75, 3.05) is 37.9 Å². The molecule has 0 spiro atoms. The van der Waals surface area contributed by atoms with Crippen molar-refractivity contribution in [1.29, 1.82) is 0 Å². The number of aryl methyl sites for hydroxylation is 1. The maximum absolute atomic E-state index is 13.2. The van der Waals surface area contributed by atoms with Crippen molar-refractivity contribution in [1.82, 2.24) is 15.2 Å². The number of nitrogens with zero attached hydrogens (tertiary/aromatic N) is 2. The molecule has 1 fully saturated rings. The first-order valence-corrected chi connectivity index (χ1v) is 12.5. The number of aromatic amines is 1. The van der Waals surface area contributed by atoms with Crippen LogP contribution >= 0.6 is 11.6 Å². The number of carbonyl (C=O) groups excluding carboxylic acids is 1. The molecule has 3 rings (SSSR count). The number of pyridine rings is 1. The summed E-state index contributed by atoms with van der Waals surface area (Å²) in [6, 6.07) is 6.25. The van der Waals surface area contributed by atoms with E-state index in [2.05, 4.69) is 46.4 Å². The first-order valence-electron chi connectivity index (χ1n) is 12.1. The van der Waals surface area contributed by atoms with Gasteiger partial charge in [0.05, 0.1) is 0 Å². The van der Waals surface area contributed by atoms with E-state index in [-0.39, 0.29) is 17.9 Å². The van der Waals surface area contributed by atoms with Gasteiger partial charge in [-0.3, -0.25) is 9.59 Å². The van der Waals surface area contributed by atoms with Gasteiger partial charge in [0.1, 0.15) is 5.82 Å². The van der Waals surface area contributed by atoms with Crippen LogP contribution in [-0.2, 0) is 6.54 Å². The van der Waals surface area contributed by atoms with E-state index in [1.165, 1.54) is 18.9 Å². The van der Waals surface area contributed by atoms with Gasteiger partial charge in [-0.05, 0) is 78.2 Å². The third-order valence-electron chi connectivity index (χ3n) is 7.12. The Balaban J connectivity index is 1.81. The molecule has 1 saturated carbocycles. The van der Waals surface area contributed by atoms with Gasteiger partial charge in [-0.2, -0.15) is 0 Å². The van der Waals surface area contributed by atoms with E-state index in [0.717, 1.165) is 36.3 Å². The molecule has 0 radical (unpaired) electrons. The lowest BCUT2D eigenvalue weighted by Gasteiger charge is -2.40. The van der Waals surface area contributed by atoms with Gasteiger partial charge in [0.25, 0.3) is 5.91 Å². The van der Waals surface area contributed by atoms with Crippen LogP contribution in [0.2, 0.25) is 5.02 Å². The van der Waals surface area contributed by atoms with Gasteiger partial charge < -0.3 is 25.4 Å². The zero-order valence-corrected chi connectivity index (χ0v) is 22.0. The number of H-pyrrole nitrogens is 1. The summed E-state index contributed by atoms with van der Waals surface area (Å²) in [6.07, 6.45) is 4.58. The van der Waals surface area contributed by atoms with Crippen molar-refractivity contribution < 1.29 is 4.79 Å². The molecule has 1 aromatic heterocycles. The third kappa shape index (κ3) is 5.76. The van der Waals surface area contributed by atoms with Gasteiger partial charge in [-0.1, -0.05) is 11.6 Å². The van der Waals surface area contributed by atoms with Crippen molar-refractivity contribution in [2.24, 2.45) is 0 Å². The number of rotatable bonds is 8. The normalized spacial score (nSPS) is 18.1. The minimum atomic E-state index is -0.231. The minimum absolute atomic E-state index is 0.116. The lowest BCUT2D eigenvalue weighted by molar-refractivity contribution is 0.0950. The highest BCUT2D eigenvalue weighted by molar-refractivity contribution is 6.31. The van der Waals surface area contributed by atoms with Gasteiger partial charge in [0.2, 0.25) is 0 Å². The molecule has 1 aromatic carbocycles. The predicted molar refractivity (Wildman–Crippen MR) is 141 cm³/mol. The van der Waals surface area contributed by atoms with Crippen molar-refractivity contribution in [3.8, 4) is 0 Å². The van der Waals surface area contributed by atoms with Gasteiger partial charge in [-0.15, -0.1) is 0 Å². The maximum Gasteiger partial charge on any atom is 0.251 e. The summed E-state index contributed by atoms with van der Waals surface area (Å²) < 4.78 is 0. The van der Waals surface area contributed by atoms with Gasteiger partial charge in [0.15, 0.2) is 5.43 Å². The van der Waals surface area contributed by atoms with Crippen molar-refractivity contribution in [2.45, 2.75) is 65.1 Å². The number of hydrogen-bond donors (Lipinski definition) is 3. The average molecular weight is 488 g/mol. The Morgan fingerprint density at radius 3 is 2.32 bits per heavy atom. The molecule has 0 saturated heterocycles. The molecule has 1 amide bonds. The summed E-state index contributed by atoms with van der Waals surface area (Å²) >= 11 is 6.50. The molecule has 0 atom stereocenters. The summed E-state index contributed by atoms with van der Waals surface area (Å²) in [5.74, 6) is 0.414. The Morgan fingerprint density at radius 1 is 1.12 bits per heavy atom. The van der Waals surface area contributed by atoms with Crippen LogP contribution < -0.4 is 21.0 Å². The molecule has 1 aliphatic carbocycles. The summed E-state index contributed by atoms with van der Waals surface area (Å²) in [4.78, 5) is 33.5. The van der Waals surface area contributed by atoms with E-state index >= 15 is 0 Å². The lowest BCUT2D eigenvalue weighted by atomic mass is 9.89. The lowest BCUT2D eigenvalue weighted by Crippen LogP contribution is -2.42. The summed E-state index contributed by atoms with van der Waals surface area (Å²) in [6.45, 7) is 6.97. The van der Waals surface area contributed by atoms with Crippen molar-refractivity contribution in [3.63, 3.8) is 0 Å². The van der Waals surface area contributed by atoms with Crippen LogP contribution in [0, 0.1) is 13.8 Å². The molecule has 34 heavy (non-hydrogen) atoms. The molecule has 186 valence electrons. The molecule has 0 bridgehead atoms. The molecule has 7 nitrogen and oxygen atoms in total. The molecule has 0 aliphatic heterocycles. The van der Waals surface area contributed by atoms with Gasteiger partial charge >= 0.3 is 0 Å². The van der Waals surface area contributed by atoms with Crippen molar-refractivity contribution >= 4 is 29.0 Å². The Kier molecular flexibility index (Phi) is 8.66. The topological polar surface area (TPSA) is 80.5 Å². The smallest absolute Gasteiger partial charge is 0.251 e. The third-order valence-corrected chi connectivity index (χ3v) is 7.34.